The first-order valence-electron chi connectivity index (χ1n) is 7.21. The average molecular weight is 316 g/mol. The fourth-order valence-electron chi connectivity index (χ4n) is 2.37. The van der Waals surface area contributed by atoms with Crippen molar-refractivity contribution in [2.24, 2.45) is 0 Å². The second kappa shape index (κ2) is 6.60. The average Bonchev–Trinajstić information content (AvgIpc) is 2.53. The first kappa shape index (κ1) is 16.7. The van der Waals surface area contributed by atoms with E-state index < -0.39 is 0 Å². The molecule has 0 heterocycles. The lowest BCUT2D eigenvalue weighted by Gasteiger charge is -2.13. The van der Waals surface area contributed by atoms with Crippen molar-refractivity contribution in [3.8, 4) is 23.0 Å². The molecule has 0 amide bonds. The monoisotopic (exact) mass is 316 g/mol. The number of aromatic hydroxyl groups is 2. The summed E-state index contributed by atoms with van der Waals surface area (Å²) in [7, 11) is 3.00. The molecule has 5 nitrogen and oxygen atoms in total. The minimum absolute atomic E-state index is 0.0209. The Bertz CT molecular complexity index is 734. The van der Waals surface area contributed by atoms with Crippen LogP contribution in [0.5, 0.6) is 23.0 Å². The van der Waals surface area contributed by atoms with Gasteiger partial charge in [0.2, 0.25) is 0 Å². The van der Waals surface area contributed by atoms with Gasteiger partial charge in [-0.15, -0.1) is 0 Å². The van der Waals surface area contributed by atoms with E-state index in [1.165, 1.54) is 26.4 Å². The van der Waals surface area contributed by atoms with E-state index in [0.29, 0.717) is 22.6 Å². The van der Waals surface area contributed by atoms with Crippen molar-refractivity contribution < 1.29 is 24.5 Å². The highest BCUT2D eigenvalue weighted by Gasteiger charge is 2.19. The minimum Gasteiger partial charge on any atom is -0.508 e. The number of ketones is 1. The molecule has 0 fully saturated rings. The van der Waals surface area contributed by atoms with Crippen molar-refractivity contribution in [3.05, 3.63) is 47.0 Å². The molecule has 0 saturated heterocycles. The molecule has 5 heteroatoms. The topological polar surface area (TPSA) is 76.0 Å². The van der Waals surface area contributed by atoms with Crippen LogP contribution < -0.4 is 9.47 Å². The van der Waals surface area contributed by atoms with Crippen LogP contribution in [0.2, 0.25) is 0 Å². The van der Waals surface area contributed by atoms with Crippen LogP contribution in [0.1, 0.15) is 41.3 Å². The first-order chi connectivity index (χ1) is 10.9. The summed E-state index contributed by atoms with van der Waals surface area (Å²) in [6.07, 6.45) is 0. The maximum atomic E-state index is 12.7. The molecule has 0 aliphatic heterocycles. The van der Waals surface area contributed by atoms with E-state index in [1.807, 2.05) is 13.8 Å². The smallest absolute Gasteiger partial charge is 0.196 e. The zero-order valence-corrected chi connectivity index (χ0v) is 13.6. The van der Waals surface area contributed by atoms with Gasteiger partial charge in [-0.3, -0.25) is 4.79 Å². The van der Waals surface area contributed by atoms with Crippen molar-refractivity contribution in [1.29, 1.82) is 0 Å². The Morgan fingerprint density at radius 2 is 1.61 bits per heavy atom. The van der Waals surface area contributed by atoms with E-state index in [9.17, 15) is 15.0 Å². The van der Waals surface area contributed by atoms with Crippen molar-refractivity contribution in [1.82, 2.24) is 0 Å². The molecule has 0 radical (unpaired) electrons. The lowest BCUT2D eigenvalue weighted by atomic mass is 9.95. The molecule has 0 spiro atoms. The molecule has 23 heavy (non-hydrogen) atoms. The second-order valence-corrected chi connectivity index (χ2v) is 5.48. The van der Waals surface area contributed by atoms with E-state index >= 15 is 0 Å². The van der Waals surface area contributed by atoms with Crippen molar-refractivity contribution in [2.75, 3.05) is 14.2 Å². The van der Waals surface area contributed by atoms with E-state index in [4.69, 9.17) is 9.47 Å². The zero-order valence-electron chi connectivity index (χ0n) is 13.6. The van der Waals surface area contributed by atoms with E-state index in [0.717, 1.165) is 0 Å². The van der Waals surface area contributed by atoms with Gasteiger partial charge in [-0.05, 0) is 35.7 Å². The summed E-state index contributed by atoms with van der Waals surface area (Å²) in [5, 5.41) is 19.9. The third-order valence-corrected chi connectivity index (χ3v) is 3.66. The molecule has 0 aliphatic carbocycles. The van der Waals surface area contributed by atoms with Crippen LogP contribution in [0.4, 0.5) is 0 Å². The zero-order chi connectivity index (χ0) is 17.1. The van der Waals surface area contributed by atoms with Gasteiger partial charge < -0.3 is 19.7 Å². The van der Waals surface area contributed by atoms with Crippen LogP contribution in [0, 0.1) is 0 Å². The highest BCUT2D eigenvalue weighted by Crippen LogP contribution is 2.34. The largest absolute Gasteiger partial charge is 0.508 e. The first-order valence-corrected chi connectivity index (χ1v) is 7.21. The lowest BCUT2D eigenvalue weighted by Crippen LogP contribution is -2.04. The number of rotatable bonds is 5. The predicted octanol–water partition coefficient (Wildman–Crippen LogP) is 3.47. The summed E-state index contributed by atoms with van der Waals surface area (Å²) >= 11 is 0. The summed E-state index contributed by atoms with van der Waals surface area (Å²) in [6.45, 7) is 3.80. The Balaban J connectivity index is 2.50. The van der Waals surface area contributed by atoms with E-state index in [2.05, 4.69) is 0 Å². The summed E-state index contributed by atoms with van der Waals surface area (Å²) in [4.78, 5) is 12.7. The van der Waals surface area contributed by atoms with Gasteiger partial charge in [0.25, 0.3) is 0 Å². The summed E-state index contributed by atoms with van der Waals surface area (Å²) < 4.78 is 10.3. The molecule has 0 aromatic heterocycles. The number of phenolic OH excluding ortho intramolecular Hbond substituents is 2. The van der Waals surface area contributed by atoms with Crippen LogP contribution in [0.15, 0.2) is 30.3 Å². The quantitative estimate of drug-likeness (QED) is 0.826. The van der Waals surface area contributed by atoms with Gasteiger partial charge in [0.15, 0.2) is 17.3 Å². The van der Waals surface area contributed by atoms with Crippen molar-refractivity contribution >= 4 is 5.78 Å². The number of ether oxygens (including phenoxy) is 2. The SMILES string of the molecule is COc1ccc(C(=O)c2cc(C(C)C)c(O)cc2O)cc1OC. The normalized spacial score (nSPS) is 10.7. The van der Waals surface area contributed by atoms with Gasteiger partial charge in [0, 0.05) is 11.6 Å². The molecule has 0 bridgehead atoms. The second-order valence-electron chi connectivity index (χ2n) is 5.48. The Hall–Kier alpha value is -2.69. The van der Waals surface area contributed by atoms with Crippen LogP contribution in [-0.4, -0.2) is 30.2 Å². The standard InChI is InChI=1S/C18H20O5/c1-10(2)12-8-13(15(20)9-14(12)19)18(21)11-5-6-16(22-3)17(7-11)23-4/h5-10,19-20H,1-4H3. The van der Waals surface area contributed by atoms with Gasteiger partial charge in [-0.25, -0.2) is 0 Å². The van der Waals surface area contributed by atoms with E-state index in [1.54, 1.807) is 18.2 Å². The molecular formula is C18H20O5. The fourth-order valence-corrected chi connectivity index (χ4v) is 2.37. The molecule has 0 saturated carbocycles. The fraction of sp³-hybridized carbons (Fsp3) is 0.278. The molecule has 2 aromatic carbocycles. The van der Waals surface area contributed by atoms with Crippen LogP contribution >= 0.6 is 0 Å². The number of hydrogen-bond acceptors (Lipinski definition) is 5. The maximum absolute atomic E-state index is 12.7. The molecule has 2 rings (SSSR count). The van der Waals surface area contributed by atoms with Crippen LogP contribution in [0.25, 0.3) is 0 Å². The third kappa shape index (κ3) is 3.23. The van der Waals surface area contributed by atoms with E-state index in [-0.39, 0.29) is 28.8 Å². The third-order valence-electron chi connectivity index (χ3n) is 3.66. The molecule has 122 valence electrons. The van der Waals surface area contributed by atoms with Crippen LogP contribution in [0.3, 0.4) is 0 Å². The summed E-state index contributed by atoms with van der Waals surface area (Å²) in [5.74, 6) is 0.327. The number of carbonyl (C=O) groups is 1. The number of phenols is 2. The van der Waals surface area contributed by atoms with Gasteiger partial charge in [-0.2, -0.15) is 0 Å². The molecule has 2 aromatic rings. The van der Waals surface area contributed by atoms with Crippen molar-refractivity contribution in [3.63, 3.8) is 0 Å². The highest BCUT2D eigenvalue weighted by atomic mass is 16.5. The Labute approximate surface area is 135 Å². The molecular weight excluding hydrogens is 296 g/mol. The lowest BCUT2D eigenvalue weighted by molar-refractivity contribution is 0.103. The Morgan fingerprint density at radius 1 is 0.957 bits per heavy atom. The van der Waals surface area contributed by atoms with Crippen molar-refractivity contribution in [2.45, 2.75) is 19.8 Å². The minimum atomic E-state index is -0.356. The molecule has 0 unspecified atom stereocenters. The number of carbonyl (C=O) groups excluding carboxylic acids is 1. The van der Waals surface area contributed by atoms with Gasteiger partial charge >= 0.3 is 0 Å². The Morgan fingerprint density at radius 3 is 2.17 bits per heavy atom. The Kier molecular flexibility index (Phi) is 4.79. The summed E-state index contributed by atoms with van der Waals surface area (Å²) in [5.41, 5.74) is 1.10. The van der Waals surface area contributed by atoms with Crippen LogP contribution in [-0.2, 0) is 0 Å². The number of hydrogen-bond donors (Lipinski definition) is 2. The van der Waals surface area contributed by atoms with Gasteiger partial charge in [0.05, 0.1) is 19.8 Å². The summed E-state index contributed by atoms with van der Waals surface area (Å²) in [6, 6.07) is 7.51. The number of benzene rings is 2. The molecule has 0 atom stereocenters. The van der Waals surface area contributed by atoms with Gasteiger partial charge in [0.1, 0.15) is 11.5 Å². The highest BCUT2D eigenvalue weighted by molar-refractivity contribution is 6.11. The predicted molar refractivity (Wildman–Crippen MR) is 86.8 cm³/mol. The van der Waals surface area contributed by atoms with Gasteiger partial charge in [-0.1, -0.05) is 13.8 Å². The number of methoxy groups -OCH3 is 2. The maximum Gasteiger partial charge on any atom is 0.196 e. The molecule has 2 N–H and O–H groups in total. The molecule has 0 aliphatic rings.